The van der Waals surface area contributed by atoms with Gasteiger partial charge in [0.2, 0.25) is 11.8 Å². The zero-order valence-corrected chi connectivity index (χ0v) is 13.6. The first-order valence-electron chi connectivity index (χ1n) is 8.66. The van der Waals surface area contributed by atoms with Gasteiger partial charge in [0, 0.05) is 18.4 Å². The van der Waals surface area contributed by atoms with Crippen molar-refractivity contribution < 1.29 is 14.4 Å². The van der Waals surface area contributed by atoms with E-state index in [1.54, 1.807) is 0 Å². The number of hydrogen-bond donors (Lipinski definition) is 1. The van der Waals surface area contributed by atoms with E-state index >= 15 is 0 Å². The summed E-state index contributed by atoms with van der Waals surface area (Å²) in [5.41, 5.74) is 2.78. The normalized spacial score (nSPS) is 22.2. The third-order valence-electron chi connectivity index (χ3n) is 5.22. The van der Waals surface area contributed by atoms with Gasteiger partial charge < -0.3 is 5.32 Å². The summed E-state index contributed by atoms with van der Waals surface area (Å²) in [6.07, 6.45) is 3.42. The Kier molecular flexibility index (Phi) is 3.84. The van der Waals surface area contributed by atoms with Gasteiger partial charge in [0.1, 0.15) is 0 Å². The van der Waals surface area contributed by atoms with Gasteiger partial charge in [-0.2, -0.15) is 5.01 Å². The highest BCUT2D eigenvalue weighted by atomic mass is 16.2. The number of amides is 3. The maximum absolute atomic E-state index is 12.6. The van der Waals surface area contributed by atoms with Crippen molar-refractivity contribution in [3.05, 3.63) is 34.9 Å². The Morgan fingerprint density at radius 2 is 1.71 bits per heavy atom. The van der Waals surface area contributed by atoms with Gasteiger partial charge in [-0.15, -0.1) is 0 Å². The van der Waals surface area contributed by atoms with Crippen LogP contribution in [0.1, 0.15) is 59.5 Å². The molecule has 3 amide bonds. The van der Waals surface area contributed by atoms with E-state index in [4.69, 9.17) is 0 Å². The Bertz CT molecular complexity index is 693. The lowest BCUT2D eigenvalue weighted by Crippen LogP contribution is -2.51. The van der Waals surface area contributed by atoms with Crippen molar-refractivity contribution in [3.8, 4) is 0 Å². The number of imide groups is 1. The van der Waals surface area contributed by atoms with Crippen LogP contribution in [0, 0.1) is 0 Å². The fourth-order valence-electron chi connectivity index (χ4n) is 3.91. The molecule has 0 unspecified atom stereocenters. The maximum atomic E-state index is 12.6. The fourth-order valence-corrected chi connectivity index (χ4v) is 3.91. The van der Waals surface area contributed by atoms with Crippen LogP contribution < -0.4 is 5.32 Å². The second kappa shape index (κ2) is 6.02. The van der Waals surface area contributed by atoms with Crippen LogP contribution in [0.2, 0.25) is 0 Å². The summed E-state index contributed by atoms with van der Waals surface area (Å²) >= 11 is 0. The van der Waals surface area contributed by atoms with Crippen molar-refractivity contribution in [3.63, 3.8) is 0 Å². The molecule has 4 rings (SSSR count). The molecule has 0 bridgehead atoms. The SMILES string of the molecule is O=C1c2ccc(C3CCNCC3)cc2CN1N1C(=O)CCCC1=O. The summed E-state index contributed by atoms with van der Waals surface area (Å²) in [4.78, 5) is 36.9. The molecule has 126 valence electrons. The largest absolute Gasteiger partial charge is 0.317 e. The molecule has 6 nitrogen and oxygen atoms in total. The van der Waals surface area contributed by atoms with Crippen molar-refractivity contribution in [2.75, 3.05) is 13.1 Å². The maximum Gasteiger partial charge on any atom is 0.273 e. The molecule has 24 heavy (non-hydrogen) atoms. The van der Waals surface area contributed by atoms with E-state index in [1.165, 1.54) is 10.6 Å². The minimum absolute atomic E-state index is 0.245. The van der Waals surface area contributed by atoms with Gasteiger partial charge in [-0.05, 0) is 55.5 Å². The predicted molar refractivity (Wildman–Crippen MR) is 86.9 cm³/mol. The average Bonchev–Trinajstić information content (AvgIpc) is 2.92. The van der Waals surface area contributed by atoms with Crippen molar-refractivity contribution in [2.45, 2.75) is 44.6 Å². The van der Waals surface area contributed by atoms with E-state index in [1.807, 2.05) is 12.1 Å². The van der Waals surface area contributed by atoms with Crippen molar-refractivity contribution >= 4 is 17.7 Å². The summed E-state index contributed by atoms with van der Waals surface area (Å²) in [6.45, 7) is 2.34. The van der Waals surface area contributed by atoms with Crippen molar-refractivity contribution in [1.29, 1.82) is 0 Å². The molecule has 1 aromatic carbocycles. The van der Waals surface area contributed by atoms with Gasteiger partial charge in [0.25, 0.3) is 5.91 Å². The van der Waals surface area contributed by atoms with Gasteiger partial charge >= 0.3 is 0 Å². The highest BCUT2D eigenvalue weighted by Gasteiger charge is 2.39. The van der Waals surface area contributed by atoms with Crippen LogP contribution in [0.15, 0.2) is 18.2 Å². The molecule has 2 saturated heterocycles. The monoisotopic (exact) mass is 327 g/mol. The van der Waals surface area contributed by atoms with E-state index in [-0.39, 0.29) is 17.7 Å². The Morgan fingerprint density at radius 1 is 1.00 bits per heavy atom. The number of carbonyl (C=O) groups excluding carboxylic acids is 3. The number of benzene rings is 1. The molecule has 0 atom stereocenters. The molecular formula is C18H21N3O3. The standard InChI is InChI=1S/C18H21N3O3/c22-16-2-1-3-17(23)21(16)20-11-14-10-13(4-5-15(14)18(20)24)12-6-8-19-9-7-12/h4-5,10,12,19H,1-3,6-9,11H2. The van der Waals surface area contributed by atoms with Crippen LogP contribution in [-0.2, 0) is 16.1 Å². The Balaban J connectivity index is 1.60. The molecular weight excluding hydrogens is 306 g/mol. The third kappa shape index (κ3) is 2.51. The number of carbonyl (C=O) groups is 3. The van der Waals surface area contributed by atoms with Gasteiger partial charge in [-0.1, -0.05) is 12.1 Å². The Hall–Kier alpha value is -2.21. The van der Waals surface area contributed by atoms with E-state index in [0.717, 1.165) is 36.5 Å². The Morgan fingerprint density at radius 3 is 2.42 bits per heavy atom. The third-order valence-corrected chi connectivity index (χ3v) is 5.22. The van der Waals surface area contributed by atoms with Crippen LogP contribution in [0.3, 0.4) is 0 Å². The highest BCUT2D eigenvalue weighted by molar-refractivity contribution is 6.04. The molecule has 0 spiro atoms. The van der Waals surface area contributed by atoms with Crippen LogP contribution in [0.5, 0.6) is 0 Å². The first-order chi connectivity index (χ1) is 11.6. The number of fused-ring (bicyclic) bond motifs is 1. The molecule has 0 radical (unpaired) electrons. The summed E-state index contributed by atoms with van der Waals surface area (Å²) in [6, 6.07) is 5.96. The number of hydrogen-bond acceptors (Lipinski definition) is 4. The summed E-state index contributed by atoms with van der Waals surface area (Å²) < 4.78 is 0. The zero-order valence-electron chi connectivity index (χ0n) is 13.6. The zero-order chi connectivity index (χ0) is 16.7. The quantitative estimate of drug-likeness (QED) is 0.837. The fraction of sp³-hybridized carbons (Fsp3) is 0.500. The summed E-state index contributed by atoms with van der Waals surface area (Å²) in [5, 5.41) is 5.75. The topological polar surface area (TPSA) is 69.7 Å². The summed E-state index contributed by atoms with van der Waals surface area (Å²) in [7, 11) is 0. The number of rotatable bonds is 2. The van der Waals surface area contributed by atoms with E-state index in [0.29, 0.717) is 37.3 Å². The number of piperidine rings is 2. The van der Waals surface area contributed by atoms with Gasteiger partial charge in [-0.25, -0.2) is 5.01 Å². The van der Waals surface area contributed by atoms with E-state index in [9.17, 15) is 14.4 Å². The van der Waals surface area contributed by atoms with Gasteiger partial charge in [0.15, 0.2) is 0 Å². The minimum Gasteiger partial charge on any atom is -0.317 e. The molecule has 6 heteroatoms. The lowest BCUT2D eigenvalue weighted by Gasteiger charge is -2.32. The molecule has 0 aromatic heterocycles. The van der Waals surface area contributed by atoms with Crippen molar-refractivity contribution in [2.24, 2.45) is 0 Å². The molecule has 2 fully saturated rings. The number of nitrogens with one attached hydrogen (secondary N) is 1. The smallest absolute Gasteiger partial charge is 0.273 e. The van der Waals surface area contributed by atoms with Crippen LogP contribution >= 0.6 is 0 Å². The van der Waals surface area contributed by atoms with E-state index in [2.05, 4.69) is 11.4 Å². The minimum atomic E-state index is -0.272. The molecule has 0 saturated carbocycles. The lowest BCUT2D eigenvalue weighted by atomic mass is 9.88. The van der Waals surface area contributed by atoms with E-state index < -0.39 is 0 Å². The summed E-state index contributed by atoms with van der Waals surface area (Å²) in [5.74, 6) is -0.276. The lowest BCUT2D eigenvalue weighted by molar-refractivity contribution is -0.163. The van der Waals surface area contributed by atoms with Crippen molar-refractivity contribution in [1.82, 2.24) is 15.3 Å². The average molecular weight is 327 g/mol. The van der Waals surface area contributed by atoms with Crippen LogP contribution in [-0.4, -0.2) is 40.8 Å². The first kappa shape index (κ1) is 15.3. The van der Waals surface area contributed by atoms with Gasteiger partial charge in [-0.3, -0.25) is 14.4 Å². The molecule has 3 aliphatic heterocycles. The Labute approximate surface area is 140 Å². The molecule has 3 aliphatic rings. The molecule has 1 N–H and O–H groups in total. The molecule has 3 heterocycles. The van der Waals surface area contributed by atoms with Crippen LogP contribution in [0.25, 0.3) is 0 Å². The molecule has 1 aromatic rings. The first-order valence-corrected chi connectivity index (χ1v) is 8.66. The second-order valence-corrected chi connectivity index (χ2v) is 6.76. The highest BCUT2D eigenvalue weighted by Crippen LogP contribution is 2.32. The number of hydrazine groups is 1. The van der Waals surface area contributed by atoms with Gasteiger partial charge in [0.05, 0.1) is 6.54 Å². The van der Waals surface area contributed by atoms with Crippen LogP contribution in [0.4, 0.5) is 0 Å². The number of nitrogens with zero attached hydrogens (tertiary/aromatic N) is 2. The molecule has 0 aliphatic carbocycles. The second-order valence-electron chi connectivity index (χ2n) is 6.76. The predicted octanol–water partition coefficient (Wildman–Crippen LogP) is 1.56.